The van der Waals surface area contributed by atoms with E-state index in [2.05, 4.69) is 32.6 Å². The second kappa shape index (κ2) is 9.09. The van der Waals surface area contributed by atoms with Gasteiger partial charge in [0.05, 0.1) is 13.2 Å². The number of ether oxygens (including phenoxy) is 2. The summed E-state index contributed by atoms with van der Waals surface area (Å²) < 4.78 is 11.9. The van der Waals surface area contributed by atoms with Crippen LogP contribution < -0.4 is 4.74 Å². The van der Waals surface area contributed by atoms with Gasteiger partial charge in [-0.2, -0.15) is 0 Å². The molecule has 144 valence electrons. The van der Waals surface area contributed by atoms with Gasteiger partial charge in [-0.15, -0.1) is 0 Å². The minimum Gasteiger partial charge on any atom is -0.457 e. The highest BCUT2D eigenvalue weighted by Crippen LogP contribution is 2.27. The van der Waals surface area contributed by atoms with Crippen molar-refractivity contribution in [3.63, 3.8) is 0 Å². The van der Waals surface area contributed by atoms with Crippen molar-refractivity contribution in [3.8, 4) is 11.5 Å². The Labute approximate surface area is 172 Å². The fourth-order valence-corrected chi connectivity index (χ4v) is 3.06. The van der Waals surface area contributed by atoms with E-state index in [0.717, 1.165) is 22.6 Å². The maximum absolute atomic E-state index is 6.02. The molecule has 3 rings (SSSR count). The van der Waals surface area contributed by atoms with E-state index in [4.69, 9.17) is 21.1 Å². The molecule has 0 saturated carbocycles. The second-order valence-electron chi connectivity index (χ2n) is 7.42. The Morgan fingerprint density at radius 2 is 1.57 bits per heavy atom. The SMILES string of the molecule is C=C(Cl)c1ccc(C(C)(C)COCc2cccc(Oc3ccccc3)c2)cc1. The van der Waals surface area contributed by atoms with Crippen molar-refractivity contribution in [2.75, 3.05) is 6.61 Å². The smallest absolute Gasteiger partial charge is 0.127 e. The summed E-state index contributed by atoms with van der Waals surface area (Å²) in [5.74, 6) is 1.63. The Morgan fingerprint density at radius 3 is 2.25 bits per heavy atom. The number of hydrogen-bond donors (Lipinski definition) is 0. The zero-order valence-corrected chi connectivity index (χ0v) is 17.1. The predicted molar refractivity (Wildman–Crippen MR) is 117 cm³/mol. The number of hydrogen-bond acceptors (Lipinski definition) is 2. The second-order valence-corrected chi connectivity index (χ2v) is 7.88. The third kappa shape index (κ3) is 5.48. The third-order valence-corrected chi connectivity index (χ3v) is 4.81. The van der Waals surface area contributed by atoms with Gasteiger partial charge in [-0.3, -0.25) is 0 Å². The van der Waals surface area contributed by atoms with Gasteiger partial charge in [0.1, 0.15) is 11.5 Å². The molecule has 0 saturated heterocycles. The van der Waals surface area contributed by atoms with Crippen molar-refractivity contribution >= 4 is 16.6 Å². The molecular weight excluding hydrogens is 368 g/mol. The van der Waals surface area contributed by atoms with Gasteiger partial charge < -0.3 is 9.47 Å². The van der Waals surface area contributed by atoms with Crippen LogP contribution in [0.25, 0.3) is 5.03 Å². The summed E-state index contributed by atoms with van der Waals surface area (Å²) >= 11 is 5.96. The van der Waals surface area contributed by atoms with E-state index >= 15 is 0 Å². The monoisotopic (exact) mass is 392 g/mol. The van der Waals surface area contributed by atoms with E-state index in [0.29, 0.717) is 18.2 Å². The summed E-state index contributed by atoms with van der Waals surface area (Å²) in [5.41, 5.74) is 3.12. The number of para-hydroxylation sites is 1. The molecular formula is C25H25ClO2. The van der Waals surface area contributed by atoms with Crippen LogP contribution in [-0.4, -0.2) is 6.61 Å². The highest BCUT2D eigenvalue weighted by molar-refractivity contribution is 6.48. The van der Waals surface area contributed by atoms with Crippen LogP contribution >= 0.6 is 11.6 Å². The molecule has 0 aromatic heterocycles. The molecule has 0 unspecified atom stereocenters. The first-order valence-corrected chi connectivity index (χ1v) is 9.67. The minimum atomic E-state index is -0.107. The maximum Gasteiger partial charge on any atom is 0.127 e. The van der Waals surface area contributed by atoms with E-state index < -0.39 is 0 Å². The van der Waals surface area contributed by atoms with E-state index in [9.17, 15) is 0 Å². The van der Waals surface area contributed by atoms with Crippen LogP contribution in [0.2, 0.25) is 0 Å². The van der Waals surface area contributed by atoms with Crippen LogP contribution in [0.3, 0.4) is 0 Å². The minimum absolute atomic E-state index is 0.107. The van der Waals surface area contributed by atoms with Crippen LogP contribution in [0.5, 0.6) is 11.5 Å². The summed E-state index contributed by atoms with van der Waals surface area (Å²) in [6, 6.07) is 25.9. The first-order chi connectivity index (χ1) is 13.4. The lowest BCUT2D eigenvalue weighted by Crippen LogP contribution is -2.24. The van der Waals surface area contributed by atoms with Gasteiger partial charge >= 0.3 is 0 Å². The van der Waals surface area contributed by atoms with E-state index in [-0.39, 0.29) is 5.41 Å². The quantitative estimate of drug-likeness (QED) is 0.404. The molecule has 0 atom stereocenters. The molecule has 0 fully saturated rings. The fraction of sp³-hybridized carbons (Fsp3) is 0.200. The van der Waals surface area contributed by atoms with Crippen molar-refractivity contribution in [2.45, 2.75) is 25.9 Å². The largest absolute Gasteiger partial charge is 0.457 e. The van der Waals surface area contributed by atoms with Crippen LogP contribution in [0.4, 0.5) is 0 Å². The fourth-order valence-electron chi connectivity index (χ4n) is 2.93. The van der Waals surface area contributed by atoms with Crippen molar-refractivity contribution in [1.29, 1.82) is 0 Å². The molecule has 0 heterocycles. The molecule has 0 N–H and O–H groups in total. The van der Waals surface area contributed by atoms with Crippen molar-refractivity contribution < 1.29 is 9.47 Å². The standard InChI is InChI=1S/C25H25ClO2/c1-19(26)21-12-14-22(15-13-21)25(2,3)18-27-17-20-8-7-11-24(16-20)28-23-9-5-4-6-10-23/h4-16H,1,17-18H2,2-3H3. The Hall–Kier alpha value is -2.55. The van der Waals surface area contributed by atoms with Crippen molar-refractivity contribution in [3.05, 3.63) is 102 Å². The van der Waals surface area contributed by atoms with E-state index in [1.807, 2.05) is 66.7 Å². The summed E-state index contributed by atoms with van der Waals surface area (Å²) in [7, 11) is 0. The normalized spacial score (nSPS) is 11.2. The van der Waals surface area contributed by atoms with Crippen LogP contribution in [-0.2, 0) is 16.8 Å². The highest BCUT2D eigenvalue weighted by atomic mass is 35.5. The van der Waals surface area contributed by atoms with Gasteiger partial charge in [-0.05, 0) is 41.0 Å². The van der Waals surface area contributed by atoms with E-state index in [1.54, 1.807) is 0 Å². The van der Waals surface area contributed by atoms with Gasteiger partial charge in [0.15, 0.2) is 0 Å². The van der Waals surface area contributed by atoms with Gasteiger partial charge in [-0.25, -0.2) is 0 Å². The molecule has 0 bridgehead atoms. The molecule has 0 spiro atoms. The van der Waals surface area contributed by atoms with Crippen LogP contribution in [0.15, 0.2) is 85.4 Å². The van der Waals surface area contributed by atoms with Gasteiger partial charge in [-0.1, -0.05) is 86.6 Å². The first kappa shape index (κ1) is 20.2. The summed E-state index contributed by atoms with van der Waals surface area (Å²) in [6.07, 6.45) is 0. The van der Waals surface area contributed by atoms with E-state index in [1.165, 1.54) is 5.56 Å². The highest BCUT2D eigenvalue weighted by Gasteiger charge is 2.21. The van der Waals surface area contributed by atoms with Gasteiger partial charge in [0.2, 0.25) is 0 Å². The lowest BCUT2D eigenvalue weighted by molar-refractivity contribution is 0.0824. The lowest BCUT2D eigenvalue weighted by Gasteiger charge is -2.25. The summed E-state index contributed by atoms with van der Waals surface area (Å²) in [4.78, 5) is 0. The van der Waals surface area contributed by atoms with Gasteiger partial charge in [0, 0.05) is 10.4 Å². The summed E-state index contributed by atoms with van der Waals surface area (Å²) in [6.45, 7) is 9.25. The molecule has 3 aromatic carbocycles. The Morgan fingerprint density at radius 1 is 0.893 bits per heavy atom. The molecule has 2 nitrogen and oxygen atoms in total. The Bertz CT molecular complexity index is 915. The third-order valence-electron chi connectivity index (χ3n) is 4.59. The molecule has 0 aliphatic rings. The van der Waals surface area contributed by atoms with Crippen molar-refractivity contribution in [2.24, 2.45) is 0 Å². The molecule has 0 aliphatic heterocycles. The first-order valence-electron chi connectivity index (χ1n) is 9.29. The number of rotatable bonds is 8. The molecule has 0 aliphatic carbocycles. The zero-order valence-electron chi connectivity index (χ0n) is 16.3. The number of halogens is 1. The van der Waals surface area contributed by atoms with Crippen molar-refractivity contribution in [1.82, 2.24) is 0 Å². The zero-order chi connectivity index (χ0) is 20.0. The maximum atomic E-state index is 6.02. The predicted octanol–water partition coefficient (Wildman–Crippen LogP) is 7.18. The summed E-state index contributed by atoms with van der Waals surface area (Å²) in [5, 5.41) is 0.554. The Balaban J connectivity index is 1.58. The molecule has 3 aromatic rings. The molecule has 0 radical (unpaired) electrons. The Kier molecular flexibility index (Phi) is 6.56. The molecule has 28 heavy (non-hydrogen) atoms. The average Bonchev–Trinajstić information content (AvgIpc) is 2.69. The average molecular weight is 393 g/mol. The topological polar surface area (TPSA) is 18.5 Å². The van der Waals surface area contributed by atoms with Crippen LogP contribution in [0, 0.1) is 0 Å². The lowest BCUT2D eigenvalue weighted by atomic mass is 9.85. The molecule has 3 heteroatoms. The molecule has 0 amide bonds. The number of benzene rings is 3. The van der Waals surface area contributed by atoms with Gasteiger partial charge in [0.25, 0.3) is 0 Å². The van der Waals surface area contributed by atoms with Crippen LogP contribution in [0.1, 0.15) is 30.5 Å².